The topological polar surface area (TPSA) is 138 Å². The van der Waals surface area contributed by atoms with E-state index in [0.717, 1.165) is 30.7 Å². The molecule has 196 valence electrons. The predicted octanol–water partition coefficient (Wildman–Crippen LogP) is 3.60. The van der Waals surface area contributed by atoms with Gasteiger partial charge in [0.15, 0.2) is 6.23 Å². The van der Waals surface area contributed by atoms with Crippen LogP contribution in [0.2, 0.25) is 0 Å². The SMILES string of the molecule is C[C@@H]1C[C@H](C)CN(S(=O)(=O)c2ccc(C(O)N=C(N)OC(=N)c3ccc(OC(F)(F)F)cc3)cc2)C1. The van der Waals surface area contributed by atoms with Gasteiger partial charge < -0.3 is 20.3 Å². The number of amidine groups is 1. The minimum Gasteiger partial charge on any atom is -0.407 e. The van der Waals surface area contributed by atoms with Crippen molar-refractivity contribution in [3.8, 4) is 5.75 Å². The molecule has 2 aromatic carbocycles. The van der Waals surface area contributed by atoms with Crippen molar-refractivity contribution in [2.24, 2.45) is 22.6 Å². The smallest absolute Gasteiger partial charge is 0.407 e. The molecule has 1 unspecified atom stereocenters. The molecule has 0 aliphatic carbocycles. The Morgan fingerprint density at radius 2 is 1.67 bits per heavy atom. The van der Waals surface area contributed by atoms with E-state index in [-0.39, 0.29) is 27.9 Å². The molecule has 2 aromatic rings. The van der Waals surface area contributed by atoms with Crippen molar-refractivity contribution in [2.45, 2.75) is 37.8 Å². The Bertz CT molecular complexity index is 1190. The highest BCUT2D eigenvalue weighted by Crippen LogP contribution is 2.28. The predicted molar refractivity (Wildman–Crippen MR) is 126 cm³/mol. The zero-order chi connectivity index (χ0) is 26.7. The monoisotopic (exact) mass is 528 g/mol. The van der Waals surface area contributed by atoms with Gasteiger partial charge in [-0.15, -0.1) is 13.2 Å². The van der Waals surface area contributed by atoms with E-state index < -0.39 is 40.3 Å². The summed E-state index contributed by atoms with van der Waals surface area (Å²) in [5.74, 6) is -0.474. The third-order valence-electron chi connectivity index (χ3n) is 5.46. The number of piperidine rings is 1. The minimum atomic E-state index is -4.84. The molecule has 4 N–H and O–H groups in total. The number of nitrogens with zero attached hydrogens (tertiary/aromatic N) is 2. The molecule has 3 atom stereocenters. The van der Waals surface area contributed by atoms with Crippen LogP contribution in [-0.2, 0) is 14.8 Å². The van der Waals surface area contributed by atoms with Gasteiger partial charge in [-0.2, -0.15) is 9.30 Å². The second kappa shape index (κ2) is 10.8. The fourth-order valence-electron chi connectivity index (χ4n) is 3.96. The Kier molecular flexibility index (Phi) is 8.26. The molecular weight excluding hydrogens is 501 g/mol. The van der Waals surface area contributed by atoms with Crippen LogP contribution in [0, 0.1) is 17.2 Å². The zero-order valence-electron chi connectivity index (χ0n) is 19.6. The molecule has 36 heavy (non-hydrogen) atoms. The number of halogens is 3. The van der Waals surface area contributed by atoms with E-state index in [0.29, 0.717) is 13.1 Å². The summed E-state index contributed by atoms with van der Waals surface area (Å²) < 4.78 is 73.0. The number of nitrogens with two attached hydrogens (primary N) is 1. The molecule has 9 nitrogen and oxygen atoms in total. The van der Waals surface area contributed by atoms with E-state index in [1.54, 1.807) is 0 Å². The number of rotatable bonds is 6. The number of benzene rings is 2. The van der Waals surface area contributed by atoms with Gasteiger partial charge >= 0.3 is 6.36 Å². The first-order chi connectivity index (χ1) is 16.7. The maximum absolute atomic E-state index is 13.0. The van der Waals surface area contributed by atoms with Crippen LogP contribution in [0.4, 0.5) is 13.2 Å². The van der Waals surface area contributed by atoms with E-state index in [1.165, 1.54) is 28.6 Å². The van der Waals surface area contributed by atoms with Crippen molar-refractivity contribution in [3.63, 3.8) is 0 Å². The second-order valence-corrected chi connectivity index (χ2v) is 10.6. The van der Waals surface area contributed by atoms with E-state index in [4.69, 9.17) is 15.9 Å². The van der Waals surface area contributed by atoms with Crippen LogP contribution in [-0.4, -0.2) is 49.2 Å². The molecule has 1 aliphatic rings. The summed E-state index contributed by atoms with van der Waals surface area (Å²) in [7, 11) is -3.69. The standard InChI is InChI=1S/C23H27F3N4O5S/c1-14-11-15(2)13-30(12-14)36(32,33)19-9-5-17(6-10-19)21(31)29-22(28)34-20(27)16-3-7-18(8-4-16)35-23(24,25)26/h3-10,14-15,21,27,31H,11-13H2,1-2H3,(H2,28,29)/t14-,15+,21?. The molecule has 1 saturated heterocycles. The Balaban J connectivity index is 1.64. The van der Waals surface area contributed by atoms with E-state index >= 15 is 0 Å². The molecule has 13 heteroatoms. The van der Waals surface area contributed by atoms with E-state index in [1.807, 2.05) is 13.8 Å². The van der Waals surface area contributed by atoms with Crippen LogP contribution in [0.5, 0.6) is 5.75 Å². The lowest BCUT2D eigenvalue weighted by molar-refractivity contribution is -0.274. The number of nitrogens with one attached hydrogen (secondary N) is 1. The number of ether oxygens (including phenoxy) is 2. The fraction of sp³-hybridized carbons (Fsp3) is 0.391. The summed E-state index contributed by atoms with van der Waals surface area (Å²) >= 11 is 0. The average molecular weight is 529 g/mol. The highest BCUT2D eigenvalue weighted by atomic mass is 32.2. The normalized spacial score (nSPS) is 20.6. The maximum Gasteiger partial charge on any atom is 0.573 e. The second-order valence-electron chi connectivity index (χ2n) is 8.68. The number of hydrogen-bond donors (Lipinski definition) is 3. The minimum absolute atomic E-state index is 0.0904. The zero-order valence-corrected chi connectivity index (χ0v) is 20.4. The Labute approximate surface area is 206 Å². The number of sulfonamides is 1. The summed E-state index contributed by atoms with van der Waals surface area (Å²) in [6.45, 7) is 4.91. The first-order valence-corrected chi connectivity index (χ1v) is 12.4. The van der Waals surface area contributed by atoms with Gasteiger partial charge in [0.25, 0.3) is 6.02 Å². The molecule has 0 aromatic heterocycles. The number of aliphatic imine (C=N–C) groups is 1. The van der Waals surface area contributed by atoms with Crippen LogP contribution in [0.15, 0.2) is 58.4 Å². The number of aliphatic hydroxyl groups excluding tert-OH is 1. The largest absolute Gasteiger partial charge is 0.573 e. The van der Waals surface area contributed by atoms with Crippen molar-refractivity contribution < 1.29 is 36.2 Å². The van der Waals surface area contributed by atoms with Gasteiger partial charge in [0.1, 0.15) is 5.75 Å². The maximum atomic E-state index is 13.0. The van der Waals surface area contributed by atoms with Gasteiger partial charge in [-0.1, -0.05) is 26.0 Å². The molecule has 0 bridgehead atoms. The van der Waals surface area contributed by atoms with Crippen molar-refractivity contribution in [1.82, 2.24) is 4.31 Å². The molecule has 0 spiro atoms. The molecule has 0 saturated carbocycles. The van der Waals surface area contributed by atoms with Crippen LogP contribution in [0.1, 0.15) is 37.6 Å². The lowest BCUT2D eigenvalue weighted by Crippen LogP contribution is -2.42. The number of aliphatic hydroxyl groups is 1. The molecule has 1 heterocycles. The lowest BCUT2D eigenvalue weighted by atomic mass is 9.94. The van der Waals surface area contributed by atoms with Crippen LogP contribution in [0.25, 0.3) is 0 Å². The van der Waals surface area contributed by atoms with Gasteiger partial charge in [0.05, 0.1) is 4.90 Å². The average Bonchev–Trinajstić information content (AvgIpc) is 2.77. The van der Waals surface area contributed by atoms with Gasteiger partial charge in [-0.05, 0) is 54.7 Å². The van der Waals surface area contributed by atoms with Gasteiger partial charge in [0, 0.05) is 24.2 Å². The van der Waals surface area contributed by atoms with Gasteiger partial charge in [-0.25, -0.2) is 8.42 Å². The van der Waals surface area contributed by atoms with Crippen molar-refractivity contribution in [1.29, 1.82) is 5.41 Å². The molecule has 0 amide bonds. The third kappa shape index (κ3) is 7.18. The Hall–Kier alpha value is -3.16. The Morgan fingerprint density at radius 1 is 1.11 bits per heavy atom. The van der Waals surface area contributed by atoms with Crippen molar-refractivity contribution >= 4 is 21.9 Å². The van der Waals surface area contributed by atoms with Gasteiger partial charge in [0.2, 0.25) is 15.9 Å². The van der Waals surface area contributed by atoms with Crippen LogP contribution >= 0.6 is 0 Å². The fourth-order valence-corrected chi connectivity index (χ4v) is 5.64. The summed E-state index contributed by atoms with van der Waals surface area (Å²) in [5.41, 5.74) is 5.96. The number of alkyl halides is 3. The highest BCUT2D eigenvalue weighted by molar-refractivity contribution is 7.89. The first-order valence-electron chi connectivity index (χ1n) is 11.0. The summed E-state index contributed by atoms with van der Waals surface area (Å²) in [6.07, 6.45) is -5.38. The van der Waals surface area contributed by atoms with Crippen LogP contribution in [0.3, 0.4) is 0 Å². The van der Waals surface area contributed by atoms with Crippen molar-refractivity contribution in [2.75, 3.05) is 13.1 Å². The molecule has 0 radical (unpaired) electrons. The summed E-state index contributed by atoms with van der Waals surface area (Å²) in [6, 6.07) is 9.30. The molecule has 3 rings (SSSR count). The highest BCUT2D eigenvalue weighted by Gasteiger charge is 2.32. The van der Waals surface area contributed by atoms with E-state index in [2.05, 4.69) is 9.73 Å². The van der Waals surface area contributed by atoms with Crippen molar-refractivity contribution in [3.05, 3.63) is 59.7 Å². The summed E-state index contributed by atoms with van der Waals surface area (Å²) in [4.78, 5) is 3.82. The van der Waals surface area contributed by atoms with E-state index in [9.17, 15) is 26.7 Å². The van der Waals surface area contributed by atoms with Crippen LogP contribution < -0.4 is 10.5 Å². The lowest BCUT2D eigenvalue weighted by Gasteiger charge is -2.34. The number of hydrogen-bond acceptors (Lipinski definition) is 7. The Morgan fingerprint density at radius 3 is 2.19 bits per heavy atom. The van der Waals surface area contributed by atoms with Gasteiger partial charge in [-0.3, -0.25) is 5.41 Å². The quantitative estimate of drug-likeness (QED) is 0.387. The molecule has 1 aliphatic heterocycles. The third-order valence-corrected chi connectivity index (χ3v) is 7.30. The first kappa shape index (κ1) is 27.4. The molecule has 1 fully saturated rings. The molecular formula is C23H27F3N4O5S. The summed E-state index contributed by atoms with van der Waals surface area (Å²) in [5, 5.41) is 18.2.